The van der Waals surface area contributed by atoms with Crippen LogP contribution in [0.2, 0.25) is 0 Å². The summed E-state index contributed by atoms with van der Waals surface area (Å²) in [6, 6.07) is 9.07. The van der Waals surface area contributed by atoms with E-state index in [4.69, 9.17) is 4.74 Å². The van der Waals surface area contributed by atoms with Crippen LogP contribution in [-0.2, 0) is 16.4 Å². The molecule has 7 nitrogen and oxygen atoms in total. The first-order valence-electron chi connectivity index (χ1n) is 7.29. The molecule has 0 radical (unpaired) electrons. The standard InChI is InChI=1S/C16H16N2O5S/c1-11-9-14(23-2)5-6-16(11)24(21,22)17-8-7-12-3-4-13(18(19)20)10-15(12)17/h3-6,9-10H,7-8H2,1-2H3. The highest BCUT2D eigenvalue weighted by Gasteiger charge is 2.33. The Morgan fingerprint density at radius 1 is 1.21 bits per heavy atom. The topological polar surface area (TPSA) is 89.8 Å². The van der Waals surface area contributed by atoms with E-state index in [1.165, 1.54) is 29.6 Å². The molecule has 0 bridgehead atoms. The molecule has 126 valence electrons. The summed E-state index contributed by atoms with van der Waals surface area (Å²) in [5.41, 5.74) is 1.60. The number of nitro benzene ring substituents is 1. The van der Waals surface area contributed by atoms with E-state index in [0.29, 0.717) is 23.4 Å². The molecule has 0 saturated heterocycles. The summed E-state index contributed by atoms with van der Waals surface area (Å²) in [6.07, 6.45) is 0.530. The molecule has 0 aliphatic carbocycles. The summed E-state index contributed by atoms with van der Waals surface area (Å²) in [6.45, 7) is 1.96. The van der Waals surface area contributed by atoms with Gasteiger partial charge in [-0.25, -0.2) is 8.42 Å². The Hall–Kier alpha value is -2.61. The second-order valence-corrected chi connectivity index (χ2v) is 7.36. The van der Waals surface area contributed by atoms with Crippen LogP contribution in [0.3, 0.4) is 0 Å². The third-order valence-corrected chi connectivity index (χ3v) is 6.06. The Bertz CT molecular complexity index is 924. The lowest BCUT2D eigenvalue weighted by Crippen LogP contribution is -2.29. The second-order valence-electron chi connectivity index (χ2n) is 5.53. The van der Waals surface area contributed by atoms with Crippen LogP contribution in [0, 0.1) is 17.0 Å². The SMILES string of the molecule is COc1ccc(S(=O)(=O)N2CCc3ccc([N+](=O)[O-])cc32)c(C)c1. The van der Waals surface area contributed by atoms with Gasteiger partial charge in [0.1, 0.15) is 5.75 Å². The molecule has 3 rings (SSSR count). The first kappa shape index (κ1) is 16.3. The molecule has 24 heavy (non-hydrogen) atoms. The minimum atomic E-state index is -3.80. The van der Waals surface area contributed by atoms with Gasteiger partial charge in [-0.2, -0.15) is 0 Å². The number of nitro groups is 1. The summed E-state index contributed by atoms with van der Waals surface area (Å²) in [7, 11) is -2.28. The van der Waals surface area contributed by atoms with Crippen molar-refractivity contribution in [3.8, 4) is 5.75 Å². The first-order valence-corrected chi connectivity index (χ1v) is 8.73. The Morgan fingerprint density at radius 2 is 1.96 bits per heavy atom. The molecule has 1 heterocycles. The third-order valence-electron chi connectivity index (χ3n) is 4.08. The number of ether oxygens (including phenoxy) is 1. The van der Waals surface area contributed by atoms with E-state index in [9.17, 15) is 18.5 Å². The van der Waals surface area contributed by atoms with Gasteiger partial charge in [-0.05, 0) is 42.7 Å². The number of aryl methyl sites for hydroxylation is 1. The van der Waals surface area contributed by atoms with Crippen molar-refractivity contribution < 1.29 is 18.1 Å². The highest BCUT2D eigenvalue weighted by Crippen LogP contribution is 2.36. The molecule has 8 heteroatoms. The Morgan fingerprint density at radius 3 is 2.58 bits per heavy atom. The van der Waals surface area contributed by atoms with Crippen LogP contribution in [0.15, 0.2) is 41.3 Å². The van der Waals surface area contributed by atoms with Gasteiger partial charge >= 0.3 is 0 Å². The third kappa shape index (κ3) is 2.58. The fourth-order valence-electron chi connectivity index (χ4n) is 2.86. The maximum Gasteiger partial charge on any atom is 0.271 e. The highest BCUT2D eigenvalue weighted by atomic mass is 32.2. The van der Waals surface area contributed by atoms with Gasteiger partial charge in [-0.15, -0.1) is 0 Å². The maximum atomic E-state index is 13.0. The quantitative estimate of drug-likeness (QED) is 0.626. The number of fused-ring (bicyclic) bond motifs is 1. The molecule has 0 fully saturated rings. The Kier molecular flexibility index (Phi) is 3.92. The monoisotopic (exact) mass is 348 g/mol. The summed E-state index contributed by atoms with van der Waals surface area (Å²) in [5, 5.41) is 11.0. The summed E-state index contributed by atoms with van der Waals surface area (Å²) in [4.78, 5) is 10.6. The van der Waals surface area contributed by atoms with Crippen molar-refractivity contribution in [2.75, 3.05) is 18.0 Å². The van der Waals surface area contributed by atoms with E-state index >= 15 is 0 Å². The van der Waals surface area contributed by atoms with Gasteiger partial charge in [0.25, 0.3) is 15.7 Å². The zero-order valence-electron chi connectivity index (χ0n) is 13.2. The fourth-order valence-corrected chi connectivity index (χ4v) is 4.56. The van der Waals surface area contributed by atoms with Gasteiger partial charge in [-0.3, -0.25) is 14.4 Å². The van der Waals surface area contributed by atoms with Gasteiger partial charge in [0.2, 0.25) is 0 Å². The molecular weight excluding hydrogens is 332 g/mol. The number of methoxy groups -OCH3 is 1. The zero-order valence-corrected chi connectivity index (χ0v) is 14.0. The molecule has 2 aromatic carbocycles. The van der Waals surface area contributed by atoms with Gasteiger partial charge < -0.3 is 4.74 Å². The minimum Gasteiger partial charge on any atom is -0.497 e. The summed E-state index contributed by atoms with van der Waals surface area (Å²) >= 11 is 0. The van der Waals surface area contributed by atoms with Crippen molar-refractivity contribution in [2.45, 2.75) is 18.2 Å². The fraction of sp³-hybridized carbons (Fsp3) is 0.250. The molecule has 0 aromatic heterocycles. The Balaban J connectivity index is 2.08. The molecule has 1 aliphatic heterocycles. The van der Waals surface area contributed by atoms with Crippen LogP contribution in [0.1, 0.15) is 11.1 Å². The van der Waals surface area contributed by atoms with E-state index in [2.05, 4.69) is 0 Å². The second kappa shape index (κ2) is 5.79. The van der Waals surface area contributed by atoms with Crippen LogP contribution >= 0.6 is 0 Å². The minimum absolute atomic E-state index is 0.123. The molecule has 0 atom stereocenters. The highest BCUT2D eigenvalue weighted by molar-refractivity contribution is 7.93. The number of benzene rings is 2. The molecule has 0 N–H and O–H groups in total. The average molecular weight is 348 g/mol. The van der Waals surface area contributed by atoms with Crippen molar-refractivity contribution >= 4 is 21.4 Å². The van der Waals surface area contributed by atoms with Gasteiger partial charge in [0, 0.05) is 18.7 Å². The molecule has 0 saturated carbocycles. The van der Waals surface area contributed by atoms with Crippen LogP contribution in [0.25, 0.3) is 0 Å². The van der Waals surface area contributed by atoms with Crippen LogP contribution in [-0.4, -0.2) is 27.0 Å². The Labute approximate surface area is 139 Å². The van der Waals surface area contributed by atoms with Crippen LogP contribution in [0.5, 0.6) is 5.75 Å². The van der Waals surface area contributed by atoms with Gasteiger partial charge in [-0.1, -0.05) is 6.07 Å². The molecule has 0 amide bonds. The molecule has 2 aromatic rings. The summed E-state index contributed by atoms with van der Waals surface area (Å²) < 4.78 is 32.4. The number of sulfonamides is 1. The lowest BCUT2D eigenvalue weighted by Gasteiger charge is -2.21. The molecule has 1 aliphatic rings. The number of non-ortho nitro benzene ring substituents is 1. The van der Waals surface area contributed by atoms with Crippen LogP contribution in [0.4, 0.5) is 11.4 Å². The summed E-state index contributed by atoms with van der Waals surface area (Å²) in [5.74, 6) is 0.573. The number of hydrogen-bond donors (Lipinski definition) is 0. The number of rotatable bonds is 4. The normalized spacial score (nSPS) is 13.7. The van der Waals surface area contributed by atoms with Crippen molar-refractivity contribution in [2.24, 2.45) is 0 Å². The van der Waals surface area contributed by atoms with Crippen molar-refractivity contribution in [1.29, 1.82) is 0 Å². The predicted octanol–water partition coefficient (Wildman–Crippen LogP) is 2.66. The first-order chi connectivity index (χ1) is 11.3. The lowest BCUT2D eigenvalue weighted by molar-refractivity contribution is -0.384. The van der Waals surface area contributed by atoms with Crippen molar-refractivity contribution in [1.82, 2.24) is 0 Å². The zero-order chi connectivity index (χ0) is 17.5. The average Bonchev–Trinajstić information content (AvgIpc) is 2.98. The van der Waals surface area contributed by atoms with E-state index in [0.717, 1.165) is 5.56 Å². The number of nitrogens with zero attached hydrogens (tertiary/aromatic N) is 2. The van der Waals surface area contributed by atoms with E-state index in [1.807, 2.05) is 0 Å². The van der Waals surface area contributed by atoms with Crippen LogP contribution < -0.4 is 9.04 Å². The molecule has 0 spiro atoms. The largest absolute Gasteiger partial charge is 0.497 e. The van der Waals surface area contributed by atoms with E-state index in [1.54, 1.807) is 25.1 Å². The number of hydrogen-bond acceptors (Lipinski definition) is 5. The number of anilines is 1. The predicted molar refractivity (Wildman–Crippen MR) is 89.1 cm³/mol. The van der Waals surface area contributed by atoms with Gasteiger partial charge in [0.15, 0.2) is 0 Å². The molecular formula is C16H16N2O5S. The van der Waals surface area contributed by atoms with E-state index < -0.39 is 14.9 Å². The van der Waals surface area contributed by atoms with Crippen molar-refractivity contribution in [3.05, 3.63) is 57.6 Å². The maximum absolute atomic E-state index is 13.0. The van der Waals surface area contributed by atoms with E-state index in [-0.39, 0.29) is 17.1 Å². The van der Waals surface area contributed by atoms with Gasteiger partial charge in [0.05, 0.1) is 22.6 Å². The smallest absolute Gasteiger partial charge is 0.271 e. The molecule has 0 unspecified atom stereocenters. The van der Waals surface area contributed by atoms with Crippen molar-refractivity contribution in [3.63, 3.8) is 0 Å². The lowest BCUT2D eigenvalue weighted by atomic mass is 10.1.